The lowest BCUT2D eigenvalue weighted by Gasteiger charge is -2.18. The zero-order chi connectivity index (χ0) is 17.2. The summed E-state index contributed by atoms with van der Waals surface area (Å²) >= 11 is 0. The van der Waals surface area contributed by atoms with E-state index in [-0.39, 0.29) is 29.8 Å². The molecule has 8 heteroatoms. The summed E-state index contributed by atoms with van der Waals surface area (Å²) in [6.45, 7) is 6.25. The van der Waals surface area contributed by atoms with Crippen LogP contribution in [0.3, 0.4) is 0 Å². The Labute approximate surface area is 140 Å². The fraction of sp³-hybridized carbons (Fsp3) is 0.625. The molecule has 4 rings (SSSR count). The Morgan fingerprint density at radius 1 is 1.25 bits per heavy atom. The van der Waals surface area contributed by atoms with Crippen LogP contribution in [0.1, 0.15) is 32.2 Å². The molecule has 130 valence electrons. The summed E-state index contributed by atoms with van der Waals surface area (Å²) in [5.74, 6) is 0.773. The molecule has 2 aromatic rings. The van der Waals surface area contributed by atoms with E-state index in [2.05, 4.69) is 35.1 Å². The number of rotatable bonds is 3. The number of ether oxygens (including phenoxy) is 1. The summed E-state index contributed by atoms with van der Waals surface area (Å²) in [6.07, 6.45) is 7.51. The van der Waals surface area contributed by atoms with Gasteiger partial charge in [0, 0.05) is 11.6 Å². The van der Waals surface area contributed by atoms with Gasteiger partial charge in [-0.05, 0) is 25.2 Å². The van der Waals surface area contributed by atoms with E-state index in [0.717, 1.165) is 23.3 Å². The van der Waals surface area contributed by atoms with E-state index < -0.39 is 7.34 Å². The highest BCUT2D eigenvalue weighted by molar-refractivity contribution is 7.63. The molecule has 2 fully saturated rings. The van der Waals surface area contributed by atoms with Gasteiger partial charge >= 0.3 is 0 Å². The number of aryl methyl sites for hydroxylation is 1. The normalized spacial score (nSPS) is 36.4. The van der Waals surface area contributed by atoms with E-state index in [4.69, 9.17) is 4.74 Å². The maximum Gasteiger partial charge on any atom is 0.165 e. The molecule has 6 unspecified atom stereocenters. The minimum Gasteiger partial charge on any atom is -0.354 e. The molecule has 0 aromatic carbocycles. The van der Waals surface area contributed by atoms with Crippen molar-refractivity contribution >= 4 is 24.8 Å². The average molecular weight is 350 g/mol. The Kier molecular flexibility index (Phi) is 3.62. The van der Waals surface area contributed by atoms with Gasteiger partial charge < -0.3 is 14.5 Å². The van der Waals surface area contributed by atoms with Gasteiger partial charge in [-0.15, -0.1) is 0 Å². The Balaban J connectivity index is 1.63. The van der Waals surface area contributed by atoms with Crippen molar-refractivity contribution in [1.29, 1.82) is 0 Å². The van der Waals surface area contributed by atoms with Gasteiger partial charge in [-0.25, -0.2) is 15.0 Å². The third-order valence-corrected chi connectivity index (χ3v) is 7.32. The van der Waals surface area contributed by atoms with Gasteiger partial charge in [0.1, 0.15) is 25.4 Å². The first-order valence-corrected chi connectivity index (χ1v) is 10.2. The molecule has 0 spiro atoms. The van der Waals surface area contributed by atoms with E-state index in [1.165, 1.54) is 0 Å². The summed E-state index contributed by atoms with van der Waals surface area (Å²) in [5, 5.41) is 0. The van der Waals surface area contributed by atoms with Crippen LogP contribution in [0, 0.1) is 24.7 Å². The van der Waals surface area contributed by atoms with Crippen LogP contribution in [0.15, 0.2) is 12.7 Å². The predicted molar refractivity (Wildman–Crippen MR) is 92.7 cm³/mol. The Bertz CT molecular complexity index is 832. The fourth-order valence-corrected chi connectivity index (χ4v) is 5.33. The molecule has 2 aliphatic rings. The molecule has 1 saturated carbocycles. The lowest BCUT2D eigenvalue weighted by Crippen LogP contribution is -2.20. The summed E-state index contributed by atoms with van der Waals surface area (Å²) in [5.41, 5.74) is 2.31. The first-order chi connectivity index (χ1) is 11.3. The summed E-state index contributed by atoms with van der Waals surface area (Å²) in [7, 11) is -3.03. The average Bonchev–Trinajstić information content (AvgIpc) is 3.13. The minimum absolute atomic E-state index is 0.0100. The molecule has 6 atom stereocenters. The van der Waals surface area contributed by atoms with Gasteiger partial charge in [0.15, 0.2) is 5.65 Å². The second-order valence-corrected chi connectivity index (χ2v) is 9.48. The van der Waals surface area contributed by atoms with Gasteiger partial charge in [0.25, 0.3) is 0 Å². The standard InChI is InChI=1S/C16H23N4O3P/c1-8-9(2)16(23-14(8)11-5-12(11)24(4,21)22)20-7-19-13-10(3)17-6-18-15(13)20/h6-9,11-12,14,16,21-22H,4-5H2,1-3H3. The largest absolute Gasteiger partial charge is 0.354 e. The molecule has 7 nitrogen and oxygen atoms in total. The molecule has 1 aliphatic carbocycles. The Morgan fingerprint density at radius 3 is 2.67 bits per heavy atom. The fourth-order valence-electron chi connectivity index (χ4n) is 3.96. The van der Waals surface area contributed by atoms with E-state index in [1.807, 2.05) is 11.5 Å². The third-order valence-electron chi connectivity index (χ3n) is 5.67. The number of hydrogen-bond acceptors (Lipinski definition) is 6. The van der Waals surface area contributed by atoms with Gasteiger partial charge in [0.05, 0.1) is 18.1 Å². The summed E-state index contributed by atoms with van der Waals surface area (Å²) in [6, 6.07) is 0. The van der Waals surface area contributed by atoms with Crippen molar-refractivity contribution in [1.82, 2.24) is 19.5 Å². The first kappa shape index (κ1) is 16.2. The zero-order valence-corrected chi connectivity index (χ0v) is 15.0. The van der Waals surface area contributed by atoms with Crippen molar-refractivity contribution in [2.75, 3.05) is 0 Å². The lowest BCUT2D eigenvalue weighted by atomic mass is 9.90. The van der Waals surface area contributed by atoms with Crippen LogP contribution in [0.2, 0.25) is 0 Å². The van der Waals surface area contributed by atoms with Crippen LogP contribution in [-0.4, -0.2) is 47.4 Å². The highest BCUT2D eigenvalue weighted by Crippen LogP contribution is 2.62. The van der Waals surface area contributed by atoms with Crippen LogP contribution in [0.25, 0.3) is 11.2 Å². The maximum atomic E-state index is 9.83. The number of imidazole rings is 1. The van der Waals surface area contributed by atoms with E-state index >= 15 is 0 Å². The van der Waals surface area contributed by atoms with Crippen molar-refractivity contribution in [3.05, 3.63) is 18.3 Å². The third kappa shape index (κ3) is 2.42. The highest BCUT2D eigenvalue weighted by atomic mass is 31.2. The topological polar surface area (TPSA) is 93.3 Å². The number of hydrogen-bond donors (Lipinski definition) is 2. The van der Waals surface area contributed by atoms with Crippen LogP contribution in [0.5, 0.6) is 0 Å². The molecular formula is C16H23N4O3P. The van der Waals surface area contributed by atoms with Crippen molar-refractivity contribution in [2.45, 2.75) is 45.2 Å². The van der Waals surface area contributed by atoms with Crippen molar-refractivity contribution < 1.29 is 14.5 Å². The maximum absolute atomic E-state index is 9.83. The van der Waals surface area contributed by atoms with Crippen LogP contribution >= 0.6 is 7.34 Å². The zero-order valence-electron chi connectivity index (χ0n) is 14.1. The molecule has 24 heavy (non-hydrogen) atoms. The molecule has 1 saturated heterocycles. The molecule has 2 N–H and O–H groups in total. The highest BCUT2D eigenvalue weighted by Gasteiger charge is 2.55. The molecule has 3 heterocycles. The Hall–Kier alpha value is -1.27. The number of fused-ring (bicyclic) bond motifs is 1. The van der Waals surface area contributed by atoms with Crippen molar-refractivity contribution in [3.63, 3.8) is 0 Å². The second-order valence-electron chi connectivity index (χ2n) is 7.25. The SMILES string of the molecule is C=P(O)(O)C1CC1C1OC(n2cnc3c(C)ncnc32)C(C)C1C. The monoisotopic (exact) mass is 350 g/mol. The number of nitrogens with zero attached hydrogens (tertiary/aromatic N) is 4. The molecule has 0 bridgehead atoms. The molecule has 2 aromatic heterocycles. The van der Waals surface area contributed by atoms with Crippen LogP contribution in [-0.2, 0) is 4.74 Å². The second kappa shape index (κ2) is 5.36. The predicted octanol–water partition coefficient (Wildman–Crippen LogP) is 1.96. The van der Waals surface area contributed by atoms with Crippen LogP contribution in [0.4, 0.5) is 0 Å². The molecule has 0 radical (unpaired) electrons. The molecule has 0 amide bonds. The summed E-state index contributed by atoms with van der Waals surface area (Å²) in [4.78, 5) is 32.7. The van der Waals surface area contributed by atoms with E-state index in [0.29, 0.717) is 5.92 Å². The summed E-state index contributed by atoms with van der Waals surface area (Å²) < 4.78 is 8.34. The van der Waals surface area contributed by atoms with Gasteiger partial charge in [0.2, 0.25) is 0 Å². The van der Waals surface area contributed by atoms with Gasteiger partial charge in [-0.1, -0.05) is 20.1 Å². The lowest BCUT2D eigenvalue weighted by molar-refractivity contribution is -0.0202. The molecule has 1 aliphatic heterocycles. The van der Waals surface area contributed by atoms with Crippen molar-refractivity contribution in [3.8, 4) is 0 Å². The minimum atomic E-state index is -3.03. The van der Waals surface area contributed by atoms with Crippen LogP contribution < -0.4 is 0 Å². The first-order valence-electron chi connectivity index (χ1n) is 8.27. The number of aromatic nitrogens is 4. The van der Waals surface area contributed by atoms with Gasteiger partial charge in [-0.2, -0.15) is 0 Å². The van der Waals surface area contributed by atoms with E-state index in [9.17, 15) is 9.79 Å². The smallest absolute Gasteiger partial charge is 0.165 e. The quantitative estimate of drug-likeness (QED) is 0.822. The van der Waals surface area contributed by atoms with Crippen molar-refractivity contribution in [2.24, 2.45) is 17.8 Å². The molecular weight excluding hydrogens is 327 g/mol. The Morgan fingerprint density at radius 2 is 2.00 bits per heavy atom. The van der Waals surface area contributed by atoms with E-state index in [1.54, 1.807) is 12.7 Å². The van der Waals surface area contributed by atoms with Gasteiger partial charge in [-0.3, -0.25) is 4.57 Å².